The number of carbonyl (C=O) groups excluding carboxylic acids is 1. The highest BCUT2D eigenvalue weighted by molar-refractivity contribution is 5.77. The number of nitrogens with two attached hydrogens (primary N) is 1. The summed E-state index contributed by atoms with van der Waals surface area (Å²) in [6.45, 7) is 1.93. The monoisotopic (exact) mass is 230 g/mol. The summed E-state index contributed by atoms with van der Waals surface area (Å²) in [7, 11) is 0. The van der Waals surface area contributed by atoms with Crippen molar-refractivity contribution >= 4 is 5.91 Å². The number of rotatable bonds is 5. The van der Waals surface area contributed by atoms with Crippen LogP contribution in [0.1, 0.15) is 31.4 Å². The van der Waals surface area contributed by atoms with Gasteiger partial charge in [0.1, 0.15) is 0 Å². The van der Waals surface area contributed by atoms with Gasteiger partial charge in [-0.15, -0.1) is 6.42 Å². The second kappa shape index (κ2) is 6.72. The molecule has 0 heterocycles. The summed E-state index contributed by atoms with van der Waals surface area (Å²) in [6.07, 6.45) is 6.25. The molecule has 0 saturated heterocycles. The van der Waals surface area contributed by atoms with E-state index in [0.717, 1.165) is 12.0 Å². The molecule has 3 nitrogen and oxygen atoms in total. The van der Waals surface area contributed by atoms with Gasteiger partial charge in [0.2, 0.25) is 5.91 Å². The van der Waals surface area contributed by atoms with E-state index >= 15 is 0 Å². The number of amides is 1. The predicted molar refractivity (Wildman–Crippen MR) is 69.0 cm³/mol. The fourth-order valence-electron chi connectivity index (χ4n) is 1.53. The van der Waals surface area contributed by atoms with Gasteiger partial charge in [-0.1, -0.05) is 43.2 Å². The third-order valence-electron chi connectivity index (χ3n) is 2.58. The third kappa shape index (κ3) is 4.29. The van der Waals surface area contributed by atoms with Crippen LogP contribution in [0.4, 0.5) is 0 Å². The lowest BCUT2D eigenvalue weighted by atomic mass is 10.0. The minimum absolute atomic E-state index is 0.105. The molecular weight excluding hydrogens is 212 g/mol. The molecule has 1 aromatic carbocycles. The Labute approximate surface area is 102 Å². The van der Waals surface area contributed by atoms with Crippen LogP contribution in [0.3, 0.4) is 0 Å². The molecule has 1 aromatic rings. The maximum absolute atomic E-state index is 11.7. The Hall–Kier alpha value is -1.79. The molecule has 0 aliphatic heterocycles. The van der Waals surface area contributed by atoms with Gasteiger partial charge in [-0.3, -0.25) is 4.79 Å². The summed E-state index contributed by atoms with van der Waals surface area (Å²) >= 11 is 0. The first-order chi connectivity index (χ1) is 8.17. The molecule has 90 valence electrons. The summed E-state index contributed by atoms with van der Waals surface area (Å²) < 4.78 is 0. The molecule has 0 bridgehead atoms. The number of hydrogen-bond donors (Lipinski definition) is 2. The standard InChI is InChI=1S/C14H18N2O/c1-3-12(4-2)16-14(17)10-13(15)11-8-6-5-7-9-11/h1,5-9,12-13H,4,10,15H2,2H3,(H,16,17). The topological polar surface area (TPSA) is 55.1 Å². The summed E-state index contributed by atoms with van der Waals surface area (Å²) in [5.74, 6) is 2.42. The van der Waals surface area contributed by atoms with Crippen molar-refractivity contribution in [3.8, 4) is 12.3 Å². The van der Waals surface area contributed by atoms with Gasteiger partial charge in [0.05, 0.1) is 6.04 Å². The number of terminal acetylenes is 1. The molecule has 0 spiro atoms. The fourth-order valence-corrected chi connectivity index (χ4v) is 1.53. The largest absolute Gasteiger partial charge is 0.342 e. The first kappa shape index (κ1) is 13.3. The molecule has 2 atom stereocenters. The normalized spacial score (nSPS) is 13.5. The van der Waals surface area contributed by atoms with Crippen molar-refractivity contribution in [3.05, 3.63) is 35.9 Å². The Morgan fingerprint density at radius 3 is 2.65 bits per heavy atom. The van der Waals surface area contributed by atoms with Crippen molar-refractivity contribution < 1.29 is 4.79 Å². The summed E-state index contributed by atoms with van der Waals surface area (Å²) in [6, 6.07) is 9.07. The minimum atomic E-state index is -0.286. The van der Waals surface area contributed by atoms with Crippen molar-refractivity contribution in [2.45, 2.75) is 31.8 Å². The van der Waals surface area contributed by atoms with E-state index in [4.69, 9.17) is 12.2 Å². The van der Waals surface area contributed by atoms with Crippen molar-refractivity contribution in [2.24, 2.45) is 5.73 Å². The highest BCUT2D eigenvalue weighted by Gasteiger charge is 2.13. The zero-order valence-electron chi connectivity index (χ0n) is 10.0. The van der Waals surface area contributed by atoms with Crippen LogP contribution in [0.25, 0.3) is 0 Å². The minimum Gasteiger partial charge on any atom is -0.342 e. The van der Waals surface area contributed by atoms with E-state index in [1.807, 2.05) is 37.3 Å². The van der Waals surface area contributed by atoms with Gasteiger partial charge in [0.25, 0.3) is 0 Å². The lowest BCUT2D eigenvalue weighted by Gasteiger charge is -2.14. The molecule has 0 aromatic heterocycles. The van der Waals surface area contributed by atoms with Gasteiger partial charge in [-0.25, -0.2) is 0 Å². The van der Waals surface area contributed by atoms with Gasteiger partial charge in [-0.05, 0) is 12.0 Å². The van der Waals surface area contributed by atoms with Crippen LogP contribution in [-0.4, -0.2) is 11.9 Å². The van der Waals surface area contributed by atoms with Crippen molar-refractivity contribution in [1.29, 1.82) is 0 Å². The molecule has 0 fully saturated rings. The number of carbonyl (C=O) groups is 1. The van der Waals surface area contributed by atoms with Gasteiger partial charge < -0.3 is 11.1 Å². The van der Waals surface area contributed by atoms with E-state index < -0.39 is 0 Å². The molecule has 0 saturated carbocycles. The number of nitrogens with one attached hydrogen (secondary N) is 1. The molecule has 0 aliphatic carbocycles. The average Bonchev–Trinajstić information content (AvgIpc) is 2.37. The molecule has 3 N–H and O–H groups in total. The van der Waals surface area contributed by atoms with Gasteiger partial charge in [0.15, 0.2) is 0 Å². The molecule has 17 heavy (non-hydrogen) atoms. The Kier molecular flexibility index (Phi) is 5.25. The lowest BCUT2D eigenvalue weighted by Crippen LogP contribution is -2.35. The van der Waals surface area contributed by atoms with Crippen molar-refractivity contribution in [2.75, 3.05) is 0 Å². The van der Waals surface area contributed by atoms with E-state index in [1.54, 1.807) is 0 Å². The van der Waals surface area contributed by atoms with E-state index in [0.29, 0.717) is 0 Å². The molecule has 2 unspecified atom stereocenters. The fraction of sp³-hybridized carbons (Fsp3) is 0.357. The Balaban J connectivity index is 2.50. The van der Waals surface area contributed by atoms with Gasteiger partial charge >= 0.3 is 0 Å². The maximum atomic E-state index is 11.7. The van der Waals surface area contributed by atoms with Crippen LogP contribution >= 0.6 is 0 Å². The third-order valence-corrected chi connectivity index (χ3v) is 2.58. The molecule has 1 rings (SSSR count). The first-order valence-electron chi connectivity index (χ1n) is 5.73. The zero-order chi connectivity index (χ0) is 12.7. The Morgan fingerprint density at radius 1 is 1.47 bits per heavy atom. The van der Waals surface area contributed by atoms with E-state index in [9.17, 15) is 4.79 Å². The van der Waals surface area contributed by atoms with Gasteiger partial charge in [-0.2, -0.15) is 0 Å². The highest BCUT2D eigenvalue weighted by atomic mass is 16.1. The smallest absolute Gasteiger partial charge is 0.222 e. The van der Waals surface area contributed by atoms with Crippen LogP contribution in [0.15, 0.2) is 30.3 Å². The summed E-state index contributed by atoms with van der Waals surface area (Å²) in [5.41, 5.74) is 6.90. The highest BCUT2D eigenvalue weighted by Crippen LogP contribution is 2.12. The van der Waals surface area contributed by atoms with Crippen LogP contribution in [-0.2, 0) is 4.79 Å². The lowest BCUT2D eigenvalue weighted by molar-refractivity contribution is -0.121. The first-order valence-corrected chi connectivity index (χ1v) is 5.73. The summed E-state index contributed by atoms with van der Waals surface area (Å²) in [4.78, 5) is 11.7. The molecule has 1 amide bonds. The zero-order valence-corrected chi connectivity index (χ0v) is 10.0. The second-order valence-corrected chi connectivity index (χ2v) is 3.92. The Morgan fingerprint density at radius 2 is 2.12 bits per heavy atom. The van der Waals surface area contributed by atoms with E-state index in [2.05, 4.69) is 11.2 Å². The quantitative estimate of drug-likeness (QED) is 0.755. The maximum Gasteiger partial charge on any atom is 0.222 e. The SMILES string of the molecule is C#CC(CC)NC(=O)CC(N)c1ccccc1. The van der Waals surface area contributed by atoms with Crippen LogP contribution in [0, 0.1) is 12.3 Å². The number of benzene rings is 1. The Bertz CT molecular complexity index is 394. The van der Waals surface area contributed by atoms with E-state index in [1.165, 1.54) is 0 Å². The number of hydrogen-bond acceptors (Lipinski definition) is 2. The van der Waals surface area contributed by atoms with Crippen molar-refractivity contribution in [3.63, 3.8) is 0 Å². The van der Waals surface area contributed by atoms with Crippen molar-refractivity contribution in [1.82, 2.24) is 5.32 Å². The predicted octanol–water partition coefficient (Wildman–Crippen LogP) is 1.60. The molecule has 3 heteroatoms. The molecule has 0 radical (unpaired) electrons. The summed E-state index contributed by atoms with van der Waals surface area (Å²) in [5, 5.41) is 2.76. The van der Waals surface area contributed by atoms with Crippen LogP contribution in [0.5, 0.6) is 0 Å². The van der Waals surface area contributed by atoms with Gasteiger partial charge in [0, 0.05) is 12.5 Å². The van der Waals surface area contributed by atoms with Crippen LogP contribution in [0.2, 0.25) is 0 Å². The van der Waals surface area contributed by atoms with E-state index in [-0.39, 0.29) is 24.4 Å². The average molecular weight is 230 g/mol. The molecule has 0 aliphatic rings. The van der Waals surface area contributed by atoms with Crippen LogP contribution < -0.4 is 11.1 Å². The second-order valence-electron chi connectivity index (χ2n) is 3.92. The molecular formula is C14H18N2O.